The molecule has 27 heavy (non-hydrogen) atoms. The highest BCUT2D eigenvalue weighted by atomic mass is 16.5. The maximum absolute atomic E-state index is 6.30. The summed E-state index contributed by atoms with van der Waals surface area (Å²) < 4.78 is 12.6. The van der Waals surface area contributed by atoms with E-state index in [0.717, 1.165) is 11.1 Å². The molecule has 2 aromatic rings. The van der Waals surface area contributed by atoms with E-state index in [1.165, 1.54) is 0 Å². The highest BCUT2D eigenvalue weighted by Gasteiger charge is 2.45. The van der Waals surface area contributed by atoms with E-state index in [4.69, 9.17) is 19.5 Å². The van der Waals surface area contributed by atoms with Gasteiger partial charge in [0.15, 0.2) is 11.8 Å². The first-order valence-corrected chi connectivity index (χ1v) is 9.56. The molecule has 0 aliphatic carbocycles. The van der Waals surface area contributed by atoms with Gasteiger partial charge in [-0.25, -0.2) is 9.98 Å². The molecule has 0 N–H and O–H groups in total. The van der Waals surface area contributed by atoms with Crippen molar-refractivity contribution in [2.24, 2.45) is 15.4 Å². The molecule has 2 heterocycles. The summed E-state index contributed by atoms with van der Waals surface area (Å²) in [5.74, 6) is 1.40. The van der Waals surface area contributed by atoms with Crippen LogP contribution in [0.4, 0.5) is 0 Å². The second-order valence-corrected chi connectivity index (χ2v) is 7.87. The van der Waals surface area contributed by atoms with Gasteiger partial charge >= 0.3 is 0 Å². The Balaban J connectivity index is 1.54. The van der Waals surface area contributed by atoms with Crippen molar-refractivity contribution in [3.63, 3.8) is 0 Å². The quantitative estimate of drug-likeness (QED) is 0.757. The molecule has 2 aliphatic heterocycles. The Kier molecular flexibility index (Phi) is 4.50. The first kappa shape index (κ1) is 17.8. The minimum Gasteiger partial charge on any atom is -0.470 e. The summed E-state index contributed by atoms with van der Waals surface area (Å²) in [5, 5.41) is 0. The van der Waals surface area contributed by atoms with E-state index >= 15 is 0 Å². The molecular weight excluding hydrogens is 336 g/mol. The van der Waals surface area contributed by atoms with Gasteiger partial charge in [-0.2, -0.15) is 0 Å². The average Bonchev–Trinajstić information content (AvgIpc) is 3.27. The molecule has 0 saturated carbocycles. The minimum atomic E-state index is -0.504. The molecule has 0 radical (unpaired) electrons. The molecule has 0 amide bonds. The van der Waals surface area contributed by atoms with Crippen molar-refractivity contribution in [3.05, 3.63) is 71.8 Å². The van der Waals surface area contributed by atoms with Gasteiger partial charge in [-0.1, -0.05) is 60.7 Å². The van der Waals surface area contributed by atoms with Crippen molar-refractivity contribution in [2.45, 2.75) is 52.0 Å². The molecule has 4 rings (SSSR count). The molecule has 2 aliphatic rings. The standard InChI is InChI=1S/C23H26N2O2/c1-15-19(17-11-7-5-8-12-17)26-21(24-15)23(3,4)22-25-16(2)20(27-22)18-13-9-6-10-14-18/h5-16,19-20H,1-4H3/t15-,16-,19+,20+/m1/s1. The molecule has 0 unspecified atom stereocenters. The summed E-state index contributed by atoms with van der Waals surface area (Å²) >= 11 is 0. The Hall–Kier alpha value is -2.62. The van der Waals surface area contributed by atoms with Crippen LogP contribution >= 0.6 is 0 Å². The van der Waals surface area contributed by atoms with Crippen LogP contribution in [0.15, 0.2) is 70.6 Å². The van der Waals surface area contributed by atoms with E-state index in [-0.39, 0.29) is 24.3 Å². The molecule has 4 atom stereocenters. The number of rotatable bonds is 4. The molecule has 0 fully saturated rings. The number of ether oxygens (including phenoxy) is 2. The first-order valence-electron chi connectivity index (χ1n) is 9.56. The molecule has 0 aromatic heterocycles. The zero-order chi connectivity index (χ0) is 19.0. The predicted molar refractivity (Wildman–Crippen MR) is 108 cm³/mol. The summed E-state index contributed by atoms with van der Waals surface area (Å²) in [7, 11) is 0. The normalized spacial score (nSPS) is 27.6. The molecule has 0 bridgehead atoms. The number of aliphatic imine (C=N–C) groups is 2. The molecule has 2 aromatic carbocycles. The van der Waals surface area contributed by atoms with E-state index in [2.05, 4.69) is 52.0 Å². The monoisotopic (exact) mass is 362 g/mol. The topological polar surface area (TPSA) is 43.2 Å². The third-order valence-corrected chi connectivity index (χ3v) is 5.32. The van der Waals surface area contributed by atoms with Crippen LogP contribution in [0.25, 0.3) is 0 Å². The molecular formula is C23H26N2O2. The van der Waals surface area contributed by atoms with Gasteiger partial charge in [-0.15, -0.1) is 0 Å². The first-order chi connectivity index (χ1) is 13.0. The van der Waals surface area contributed by atoms with E-state index in [0.29, 0.717) is 11.8 Å². The lowest BCUT2D eigenvalue weighted by atomic mass is 9.93. The largest absolute Gasteiger partial charge is 0.470 e. The van der Waals surface area contributed by atoms with E-state index in [1.54, 1.807) is 0 Å². The summed E-state index contributed by atoms with van der Waals surface area (Å²) in [4.78, 5) is 9.64. The van der Waals surface area contributed by atoms with Crippen molar-refractivity contribution in [2.75, 3.05) is 0 Å². The van der Waals surface area contributed by atoms with E-state index in [1.807, 2.05) is 36.4 Å². The van der Waals surface area contributed by atoms with Crippen molar-refractivity contribution < 1.29 is 9.47 Å². The molecule has 4 heteroatoms. The Bertz CT molecular complexity index is 787. The van der Waals surface area contributed by atoms with Crippen LogP contribution in [-0.4, -0.2) is 23.9 Å². The average molecular weight is 362 g/mol. The van der Waals surface area contributed by atoms with Crippen LogP contribution < -0.4 is 0 Å². The van der Waals surface area contributed by atoms with Crippen LogP contribution in [0.2, 0.25) is 0 Å². The zero-order valence-electron chi connectivity index (χ0n) is 16.3. The molecule has 4 nitrogen and oxygen atoms in total. The van der Waals surface area contributed by atoms with Gasteiger partial charge in [-0.05, 0) is 38.8 Å². The fourth-order valence-corrected chi connectivity index (χ4v) is 3.69. The summed E-state index contributed by atoms with van der Waals surface area (Å²) in [6, 6.07) is 20.6. The zero-order valence-corrected chi connectivity index (χ0v) is 16.3. The molecule has 0 saturated heterocycles. The Morgan fingerprint density at radius 1 is 0.667 bits per heavy atom. The highest BCUT2D eigenvalue weighted by Crippen LogP contribution is 2.39. The van der Waals surface area contributed by atoms with Crippen LogP contribution in [0.3, 0.4) is 0 Å². The Labute approximate surface area is 161 Å². The molecule has 0 spiro atoms. The fourth-order valence-electron chi connectivity index (χ4n) is 3.69. The number of benzene rings is 2. The summed E-state index contributed by atoms with van der Waals surface area (Å²) in [5.41, 5.74) is 1.78. The van der Waals surface area contributed by atoms with Crippen LogP contribution in [-0.2, 0) is 9.47 Å². The van der Waals surface area contributed by atoms with Crippen molar-refractivity contribution in [1.82, 2.24) is 0 Å². The number of hydrogen-bond donors (Lipinski definition) is 0. The summed E-state index contributed by atoms with van der Waals surface area (Å²) in [6.07, 6.45) is -0.130. The van der Waals surface area contributed by atoms with Crippen molar-refractivity contribution in [1.29, 1.82) is 0 Å². The number of nitrogens with zero attached hydrogens (tertiary/aromatic N) is 2. The Morgan fingerprint density at radius 3 is 1.41 bits per heavy atom. The SMILES string of the molecule is C[C@H]1N=C(C(C)(C)C2=N[C@H](C)[C@@H](c3ccccc3)O2)O[C@@H]1c1ccccc1. The maximum Gasteiger partial charge on any atom is 0.199 e. The Morgan fingerprint density at radius 2 is 1.04 bits per heavy atom. The lowest BCUT2D eigenvalue weighted by molar-refractivity contribution is 0.166. The lowest BCUT2D eigenvalue weighted by Crippen LogP contribution is -2.34. The third-order valence-electron chi connectivity index (χ3n) is 5.32. The van der Waals surface area contributed by atoms with Crippen LogP contribution in [0.1, 0.15) is 51.0 Å². The fraction of sp³-hybridized carbons (Fsp3) is 0.391. The smallest absolute Gasteiger partial charge is 0.199 e. The summed E-state index contributed by atoms with van der Waals surface area (Å²) in [6.45, 7) is 8.33. The van der Waals surface area contributed by atoms with Gasteiger partial charge in [0.05, 0.1) is 12.1 Å². The number of hydrogen-bond acceptors (Lipinski definition) is 4. The van der Waals surface area contributed by atoms with Crippen molar-refractivity contribution in [3.8, 4) is 0 Å². The van der Waals surface area contributed by atoms with Crippen LogP contribution in [0.5, 0.6) is 0 Å². The highest BCUT2D eigenvalue weighted by molar-refractivity contribution is 6.05. The van der Waals surface area contributed by atoms with Gasteiger partial charge in [0.1, 0.15) is 17.6 Å². The van der Waals surface area contributed by atoms with E-state index in [9.17, 15) is 0 Å². The van der Waals surface area contributed by atoms with Gasteiger partial charge < -0.3 is 9.47 Å². The van der Waals surface area contributed by atoms with Gasteiger partial charge in [0.25, 0.3) is 0 Å². The maximum atomic E-state index is 6.30. The third kappa shape index (κ3) is 3.25. The van der Waals surface area contributed by atoms with Gasteiger partial charge in [-0.3, -0.25) is 0 Å². The minimum absolute atomic E-state index is 0.0611. The second-order valence-electron chi connectivity index (χ2n) is 7.87. The lowest BCUT2D eigenvalue weighted by Gasteiger charge is -2.26. The van der Waals surface area contributed by atoms with Gasteiger partial charge in [0, 0.05) is 0 Å². The predicted octanol–water partition coefficient (Wildman–Crippen LogP) is 5.13. The van der Waals surface area contributed by atoms with Gasteiger partial charge in [0.2, 0.25) is 0 Å². The molecule has 140 valence electrons. The van der Waals surface area contributed by atoms with Crippen molar-refractivity contribution >= 4 is 11.8 Å². The second kappa shape index (κ2) is 6.84. The van der Waals surface area contributed by atoms with Crippen LogP contribution in [0, 0.1) is 5.41 Å². The van der Waals surface area contributed by atoms with E-state index < -0.39 is 5.41 Å².